The summed E-state index contributed by atoms with van der Waals surface area (Å²) in [7, 11) is -6.19. The quantitative estimate of drug-likeness (QED) is 0.0805. The molecule has 0 aliphatic heterocycles. The van der Waals surface area contributed by atoms with E-state index in [4.69, 9.17) is 0 Å². The summed E-state index contributed by atoms with van der Waals surface area (Å²) in [5, 5.41) is 8.28. The van der Waals surface area contributed by atoms with E-state index in [1.54, 1.807) is 15.9 Å². The molecule has 74 heavy (non-hydrogen) atoms. The first-order valence-corrected chi connectivity index (χ1v) is 40.6. The lowest BCUT2D eigenvalue weighted by Crippen LogP contribution is -2.44. The first-order valence-electron chi connectivity index (χ1n) is 28.7. The van der Waals surface area contributed by atoms with Gasteiger partial charge in [-0.05, 0) is 124 Å². The molecule has 0 atom stereocenters. The lowest BCUT2D eigenvalue weighted by molar-refractivity contribution is 0.487. The van der Waals surface area contributed by atoms with Crippen molar-refractivity contribution in [3.8, 4) is 0 Å². The number of sulfone groups is 1. The number of hydrogen-bond donors (Lipinski definition) is 0. The lowest BCUT2D eigenvalue weighted by atomic mass is 9.99. The molecule has 4 fully saturated rings. The second kappa shape index (κ2) is 26.1. The van der Waals surface area contributed by atoms with Gasteiger partial charge >= 0.3 is 0 Å². The SMILES string of the molecule is CS(=O)(=O)C(P(C1CCCCC1)C1CCCCC1)=P(c1ccccc1)(c1ccccc1)c1ccccc1.C[Si](C)(C)C(P(C1CCCCC1)C1CCCCC1)=P(c1ccccc1)(c1ccccc1)c1ccccc1. The fourth-order valence-corrected chi connectivity index (χ4v) is 48.5. The Morgan fingerprint density at radius 1 is 0.351 bits per heavy atom. The van der Waals surface area contributed by atoms with Crippen LogP contribution in [-0.2, 0) is 9.84 Å². The van der Waals surface area contributed by atoms with E-state index in [0.717, 1.165) is 15.7 Å². The third-order valence-corrected chi connectivity index (χ3v) is 45.0. The van der Waals surface area contributed by atoms with Gasteiger partial charge in [0.2, 0.25) is 0 Å². The average Bonchev–Trinajstić information content (AvgIpc) is 3.48. The molecule has 4 saturated carbocycles. The molecule has 0 heterocycles. The smallest absolute Gasteiger partial charge is 0.176 e. The maximum Gasteiger partial charge on any atom is 0.176 e. The van der Waals surface area contributed by atoms with Gasteiger partial charge in [0, 0.05) is 6.26 Å². The molecular weight excluding hydrogens is 1010 g/mol. The predicted octanol–water partition coefficient (Wildman–Crippen LogP) is 16.4. The molecule has 0 amide bonds. The zero-order valence-corrected chi connectivity index (χ0v) is 50.7. The van der Waals surface area contributed by atoms with Crippen LogP contribution in [-0.4, -0.2) is 54.4 Å². The summed E-state index contributed by atoms with van der Waals surface area (Å²) >= 11 is 0. The molecule has 6 aromatic rings. The predicted molar refractivity (Wildman–Crippen MR) is 340 cm³/mol. The van der Waals surface area contributed by atoms with Crippen molar-refractivity contribution >= 4 is 88.4 Å². The van der Waals surface area contributed by atoms with Crippen LogP contribution >= 0.6 is 29.6 Å². The molecule has 0 N–H and O–H groups in total. The first-order chi connectivity index (χ1) is 36.1. The Bertz CT molecular complexity index is 2640. The highest BCUT2D eigenvalue weighted by Crippen LogP contribution is 2.67. The molecule has 392 valence electrons. The molecule has 10 rings (SSSR count). The van der Waals surface area contributed by atoms with Crippen LogP contribution in [0.1, 0.15) is 128 Å². The molecule has 0 saturated heterocycles. The van der Waals surface area contributed by atoms with Gasteiger partial charge in [-0.3, -0.25) is 0 Å². The van der Waals surface area contributed by atoms with Gasteiger partial charge in [0.1, 0.15) is 0 Å². The summed E-state index contributed by atoms with van der Waals surface area (Å²) in [6.45, 7) is 3.52. The van der Waals surface area contributed by atoms with Gasteiger partial charge < -0.3 is 0 Å². The van der Waals surface area contributed by atoms with Crippen molar-refractivity contribution in [2.24, 2.45) is 0 Å². The van der Waals surface area contributed by atoms with E-state index in [1.165, 1.54) is 151 Å². The van der Waals surface area contributed by atoms with E-state index >= 15 is 0 Å². The fraction of sp³-hybridized carbons (Fsp3) is 0.424. The standard InChI is InChI=1S/C34H46P2Si.C32H40O2P2S/c1-37(2,3)34(35(29-19-9-4-10-20-29)30-21-11-5-12-22-30)36(31-23-13-6-14-24-31,32-25-15-7-16-26-32)33-27-17-8-18-28-33;1-37(33,34)32(35(27-17-7-2-8-18-27)28-19-9-3-10-20-28)36(29-21-11-4-12-22-29,30-23-13-5-14-24-30)31-25-15-6-16-26-31/h6-8,13-18,23-30H,4-5,9-12,19-22H2,1-3H3;4-6,11-16,21-28H,2-3,7-10,17-20H2,1H3. The normalized spacial score (nSPS) is 18.1. The summed E-state index contributed by atoms with van der Waals surface area (Å²) < 4.78 is 31.9. The molecule has 0 unspecified atom stereocenters. The largest absolute Gasteiger partial charge is 0.224 e. The summed E-state index contributed by atoms with van der Waals surface area (Å²) in [5.41, 5.74) is 2.85. The molecule has 0 spiro atoms. The minimum absolute atomic E-state index is 0.179. The highest BCUT2D eigenvalue weighted by Gasteiger charge is 2.46. The molecule has 2 nitrogen and oxygen atoms in total. The molecule has 8 heteroatoms. The van der Waals surface area contributed by atoms with Gasteiger partial charge in [-0.25, -0.2) is 8.42 Å². The highest BCUT2D eigenvalue weighted by atomic mass is 32.2. The van der Waals surface area contributed by atoms with Crippen molar-refractivity contribution in [1.82, 2.24) is 0 Å². The Labute approximate surface area is 452 Å². The monoisotopic (exact) mass is 1090 g/mol. The van der Waals surface area contributed by atoms with Gasteiger partial charge in [-0.1, -0.05) is 295 Å². The van der Waals surface area contributed by atoms with Crippen LogP contribution < -0.4 is 31.8 Å². The van der Waals surface area contributed by atoms with E-state index in [0.29, 0.717) is 11.3 Å². The fourth-order valence-electron chi connectivity index (χ4n) is 13.9. The van der Waals surface area contributed by atoms with Gasteiger partial charge in [0.15, 0.2) is 9.84 Å². The summed E-state index contributed by atoms with van der Waals surface area (Å²) in [6.07, 6.45) is 28.3. The van der Waals surface area contributed by atoms with Crippen LogP contribution in [0.2, 0.25) is 19.6 Å². The Morgan fingerprint density at radius 3 is 0.784 bits per heavy atom. The van der Waals surface area contributed by atoms with E-state index in [1.807, 2.05) is 0 Å². The minimum Gasteiger partial charge on any atom is -0.224 e. The Morgan fingerprint density at radius 2 is 0.568 bits per heavy atom. The van der Waals surface area contributed by atoms with Crippen LogP contribution in [0.15, 0.2) is 182 Å². The lowest BCUT2D eigenvalue weighted by Gasteiger charge is -2.48. The van der Waals surface area contributed by atoms with E-state index < -0.39 is 39.6 Å². The molecule has 0 aromatic heterocycles. The van der Waals surface area contributed by atoms with E-state index in [2.05, 4.69) is 206 Å². The van der Waals surface area contributed by atoms with Crippen molar-refractivity contribution in [2.75, 3.05) is 6.26 Å². The van der Waals surface area contributed by atoms with Gasteiger partial charge in [0.05, 0.1) is 12.4 Å². The topological polar surface area (TPSA) is 34.1 Å². The Balaban J connectivity index is 0.000000182. The zero-order valence-electron chi connectivity index (χ0n) is 45.3. The molecule has 4 aliphatic carbocycles. The van der Waals surface area contributed by atoms with Crippen LogP contribution in [0.5, 0.6) is 0 Å². The molecule has 6 aromatic carbocycles. The van der Waals surface area contributed by atoms with Crippen molar-refractivity contribution in [3.63, 3.8) is 0 Å². The minimum atomic E-state index is -3.47. The molecule has 4 aliphatic rings. The first kappa shape index (κ1) is 55.7. The van der Waals surface area contributed by atoms with Crippen molar-refractivity contribution in [1.29, 1.82) is 0 Å². The third-order valence-electron chi connectivity index (χ3n) is 16.8. The number of rotatable bonds is 14. The Hall–Kier alpha value is -3.05. The van der Waals surface area contributed by atoms with Crippen molar-refractivity contribution in [3.05, 3.63) is 182 Å². The molecule has 0 radical (unpaired) electrons. The highest BCUT2D eigenvalue weighted by molar-refractivity contribution is 8.32. The van der Waals surface area contributed by atoms with Crippen LogP contribution in [0, 0.1) is 0 Å². The van der Waals surface area contributed by atoms with Crippen molar-refractivity contribution < 1.29 is 8.42 Å². The van der Waals surface area contributed by atoms with Crippen LogP contribution in [0.4, 0.5) is 0 Å². The van der Waals surface area contributed by atoms with Gasteiger partial charge in [0.25, 0.3) is 0 Å². The number of hydrogen-bond acceptors (Lipinski definition) is 2. The zero-order chi connectivity index (χ0) is 51.4. The molecule has 0 bridgehead atoms. The van der Waals surface area contributed by atoms with Gasteiger partial charge in [-0.2, -0.15) is 0 Å². The summed E-state index contributed by atoms with van der Waals surface area (Å²) in [5.74, 6) is 0. The summed E-state index contributed by atoms with van der Waals surface area (Å²) in [4.78, 5) is 0. The van der Waals surface area contributed by atoms with Crippen molar-refractivity contribution in [2.45, 2.75) is 171 Å². The second-order valence-electron chi connectivity index (χ2n) is 23.0. The average molecular weight is 1100 g/mol. The van der Waals surface area contributed by atoms with Crippen LogP contribution in [0.3, 0.4) is 0 Å². The Kier molecular flexibility index (Phi) is 19.6. The van der Waals surface area contributed by atoms with E-state index in [9.17, 15) is 8.42 Å². The van der Waals surface area contributed by atoms with Crippen LogP contribution in [0.25, 0.3) is 0 Å². The second-order valence-corrected chi connectivity index (χ2v) is 44.2. The maximum absolute atomic E-state index is 14.4. The summed E-state index contributed by atoms with van der Waals surface area (Å²) in [6, 6.07) is 67.4. The third kappa shape index (κ3) is 12.3. The van der Waals surface area contributed by atoms with Gasteiger partial charge in [-0.15, -0.1) is 0 Å². The van der Waals surface area contributed by atoms with E-state index in [-0.39, 0.29) is 7.92 Å². The molecular formula is C66H86O2P4SSi. The number of benzene rings is 6. The maximum atomic E-state index is 14.4.